The van der Waals surface area contributed by atoms with Crippen molar-refractivity contribution in [1.29, 1.82) is 0 Å². The minimum absolute atomic E-state index is 0.0388. The van der Waals surface area contributed by atoms with Gasteiger partial charge in [-0.05, 0) is 31.9 Å². The van der Waals surface area contributed by atoms with Gasteiger partial charge in [0.15, 0.2) is 11.6 Å². The first-order valence-electron chi connectivity index (χ1n) is 6.32. The fraction of sp³-hybridized carbons (Fsp3) is 0.429. The number of benzene rings is 1. The molecule has 0 aliphatic rings. The summed E-state index contributed by atoms with van der Waals surface area (Å²) in [6.45, 7) is 1.96. The van der Waals surface area contributed by atoms with Crippen molar-refractivity contribution in [2.24, 2.45) is 0 Å². The molecule has 1 aromatic carbocycles. The maximum atomic E-state index is 13.2. The van der Waals surface area contributed by atoms with Crippen LogP contribution in [0.5, 0.6) is 5.75 Å². The zero-order valence-electron chi connectivity index (χ0n) is 11.2. The Hall–Kier alpha value is -1.98. The van der Waals surface area contributed by atoms with Crippen LogP contribution in [0.1, 0.15) is 26.2 Å². The van der Waals surface area contributed by atoms with Crippen molar-refractivity contribution >= 4 is 11.8 Å². The number of carbonyl (C=O) groups is 2. The van der Waals surface area contributed by atoms with Crippen LogP contribution >= 0.6 is 0 Å². The minimum Gasteiger partial charge on any atom is -0.491 e. The Labute approximate surface area is 115 Å². The van der Waals surface area contributed by atoms with Gasteiger partial charge in [-0.15, -0.1) is 0 Å². The van der Waals surface area contributed by atoms with Crippen molar-refractivity contribution in [3.8, 4) is 5.75 Å². The molecule has 0 aliphatic heterocycles. The van der Waals surface area contributed by atoms with E-state index in [1.54, 1.807) is 6.92 Å². The summed E-state index contributed by atoms with van der Waals surface area (Å²) < 4.78 is 35.5. The van der Waals surface area contributed by atoms with Crippen LogP contribution in [-0.2, 0) is 14.3 Å². The topological polar surface area (TPSA) is 52.6 Å². The zero-order chi connectivity index (χ0) is 15.0. The number of rotatable bonds is 8. The van der Waals surface area contributed by atoms with Gasteiger partial charge in [0.2, 0.25) is 5.78 Å². The van der Waals surface area contributed by atoms with Crippen LogP contribution in [0.15, 0.2) is 18.2 Å². The number of esters is 1. The molecule has 0 heterocycles. The Bertz CT molecular complexity index is 474. The lowest BCUT2D eigenvalue weighted by molar-refractivity contribution is -0.153. The summed E-state index contributed by atoms with van der Waals surface area (Å²) >= 11 is 0. The molecule has 0 saturated heterocycles. The summed E-state index contributed by atoms with van der Waals surface area (Å²) in [7, 11) is 0. The number of ketones is 1. The third-order valence-corrected chi connectivity index (χ3v) is 2.45. The fourth-order valence-corrected chi connectivity index (χ4v) is 1.48. The second kappa shape index (κ2) is 8.24. The van der Waals surface area contributed by atoms with Gasteiger partial charge in [-0.3, -0.25) is 4.79 Å². The minimum atomic E-state index is -0.835. The first-order chi connectivity index (χ1) is 9.54. The predicted molar refractivity (Wildman–Crippen MR) is 67.3 cm³/mol. The van der Waals surface area contributed by atoms with Gasteiger partial charge in [-0.1, -0.05) is 0 Å². The molecule has 0 bridgehead atoms. The maximum absolute atomic E-state index is 13.2. The number of Topliss-reactive ketones (excluding diaryl/α,β-unsaturated/α-hetero) is 1. The molecule has 0 aromatic heterocycles. The van der Waals surface area contributed by atoms with Gasteiger partial charge in [-0.2, -0.15) is 0 Å². The Kier molecular flexibility index (Phi) is 6.63. The number of ether oxygens (including phenoxy) is 2. The maximum Gasteiger partial charge on any atom is 0.374 e. The zero-order valence-corrected chi connectivity index (χ0v) is 11.2. The standard InChI is InChI=1S/C14H16F2O4/c1-2-19-14(18)12(17)5-3-4-8-20-13-7-6-10(15)9-11(13)16/h6-7,9H,2-5,8H2,1H3. The largest absolute Gasteiger partial charge is 0.491 e. The molecule has 0 saturated carbocycles. The average Bonchev–Trinajstić information content (AvgIpc) is 2.40. The van der Waals surface area contributed by atoms with Crippen LogP contribution in [0.3, 0.4) is 0 Å². The summed E-state index contributed by atoms with van der Waals surface area (Å²) in [6, 6.07) is 3.04. The number of halogens is 2. The molecule has 0 amide bonds. The number of hydrogen-bond acceptors (Lipinski definition) is 4. The van der Waals surface area contributed by atoms with Crippen LogP contribution < -0.4 is 4.74 Å². The van der Waals surface area contributed by atoms with E-state index in [1.807, 2.05) is 0 Å². The highest BCUT2D eigenvalue weighted by molar-refractivity contribution is 6.33. The van der Waals surface area contributed by atoms with E-state index in [9.17, 15) is 18.4 Å². The molecule has 0 fully saturated rings. The lowest BCUT2D eigenvalue weighted by Gasteiger charge is -2.06. The summed E-state index contributed by atoms with van der Waals surface area (Å²) in [5, 5.41) is 0. The molecule has 0 spiro atoms. The van der Waals surface area contributed by atoms with Gasteiger partial charge >= 0.3 is 5.97 Å². The molecule has 20 heavy (non-hydrogen) atoms. The van der Waals surface area contributed by atoms with Crippen molar-refractivity contribution < 1.29 is 27.8 Å². The molecule has 1 aromatic rings. The second-order valence-electron chi connectivity index (χ2n) is 4.02. The van der Waals surface area contributed by atoms with Crippen LogP contribution in [0.4, 0.5) is 8.78 Å². The third kappa shape index (κ3) is 5.34. The van der Waals surface area contributed by atoms with Gasteiger partial charge in [0, 0.05) is 12.5 Å². The molecular weight excluding hydrogens is 270 g/mol. The van der Waals surface area contributed by atoms with E-state index < -0.39 is 23.4 Å². The molecule has 6 heteroatoms. The molecule has 1 rings (SSSR count). The Morgan fingerprint density at radius 2 is 1.95 bits per heavy atom. The van der Waals surface area contributed by atoms with Crippen molar-refractivity contribution in [2.75, 3.05) is 13.2 Å². The molecule has 110 valence electrons. The van der Waals surface area contributed by atoms with E-state index in [2.05, 4.69) is 4.74 Å². The van der Waals surface area contributed by atoms with Crippen LogP contribution in [0.2, 0.25) is 0 Å². The third-order valence-electron chi connectivity index (χ3n) is 2.45. The first kappa shape index (κ1) is 16.1. The molecule has 4 nitrogen and oxygen atoms in total. The van der Waals surface area contributed by atoms with Gasteiger partial charge in [-0.25, -0.2) is 13.6 Å². The number of carbonyl (C=O) groups excluding carboxylic acids is 2. The number of unbranched alkanes of at least 4 members (excludes halogenated alkanes) is 1. The van der Waals surface area contributed by atoms with E-state index in [0.29, 0.717) is 12.8 Å². The Balaban J connectivity index is 2.22. The molecule has 0 atom stereocenters. The fourth-order valence-electron chi connectivity index (χ4n) is 1.48. The molecule has 0 unspecified atom stereocenters. The van der Waals surface area contributed by atoms with Crippen LogP contribution in [-0.4, -0.2) is 25.0 Å². The second-order valence-corrected chi connectivity index (χ2v) is 4.02. The lowest BCUT2D eigenvalue weighted by Crippen LogP contribution is -2.17. The molecule has 0 N–H and O–H groups in total. The molecule has 0 aliphatic carbocycles. The monoisotopic (exact) mass is 286 g/mol. The van der Waals surface area contributed by atoms with Crippen molar-refractivity contribution in [3.05, 3.63) is 29.8 Å². The van der Waals surface area contributed by atoms with Crippen molar-refractivity contribution in [1.82, 2.24) is 0 Å². The van der Waals surface area contributed by atoms with Crippen molar-refractivity contribution in [3.63, 3.8) is 0 Å². The summed E-state index contributed by atoms with van der Waals surface area (Å²) in [5.41, 5.74) is 0. The molecule has 0 radical (unpaired) electrons. The van der Waals surface area contributed by atoms with E-state index >= 15 is 0 Å². The van der Waals surface area contributed by atoms with Gasteiger partial charge in [0.25, 0.3) is 0 Å². The van der Waals surface area contributed by atoms with E-state index in [-0.39, 0.29) is 25.4 Å². The summed E-state index contributed by atoms with van der Waals surface area (Å²) in [4.78, 5) is 22.3. The molecular formula is C14H16F2O4. The van der Waals surface area contributed by atoms with Gasteiger partial charge in [0.1, 0.15) is 5.82 Å². The van der Waals surface area contributed by atoms with E-state index in [1.165, 1.54) is 6.07 Å². The quantitative estimate of drug-likeness (QED) is 0.419. The lowest BCUT2D eigenvalue weighted by atomic mass is 10.2. The smallest absolute Gasteiger partial charge is 0.374 e. The first-order valence-corrected chi connectivity index (χ1v) is 6.32. The normalized spacial score (nSPS) is 10.2. The Morgan fingerprint density at radius 1 is 1.20 bits per heavy atom. The van der Waals surface area contributed by atoms with Crippen molar-refractivity contribution in [2.45, 2.75) is 26.2 Å². The highest BCUT2D eigenvalue weighted by Gasteiger charge is 2.13. The van der Waals surface area contributed by atoms with Gasteiger partial charge in [0.05, 0.1) is 13.2 Å². The predicted octanol–water partition coefficient (Wildman–Crippen LogP) is 2.65. The highest BCUT2D eigenvalue weighted by Crippen LogP contribution is 2.17. The SMILES string of the molecule is CCOC(=O)C(=O)CCCCOc1ccc(F)cc1F. The summed E-state index contributed by atoms with van der Waals surface area (Å²) in [6.07, 6.45) is 0.969. The van der Waals surface area contributed by atoms with E-state index in [4.69, 9.17) is 4.74 Å². The van der Waals surface area contributed by atoms with E-state index in [0.717, 1.165) is 12.1 Å². The summed E-state index contributed by atoms with van der Waals surface area (Å²) in [5.74, 6) is -2.90. The Morgan fingerprint density at radius 3 is 2.60 bits per heavy atom. The average molecular weight is 286 g/mol. The highest BCUT2D eigenvalue weighted by atomic mass is 19.1. The van der Waals surface area contributed by atoms with Crippen LogP contribution in [0, 0.1) is 11.6 Å². The van der Waals surface area contributed by atoms with Crippen LogP contribution in [0.25, 0.3) is 0 Å². The van der Waals surface area contributed by atoms with Gasteiger partial charge < -0.3 is 9.47 Å². The number of hydrogen-bond donors (Lipinski definition) is 0.